The number of fused-ring (bicyclic) bond motifs is 3. The Morgan fingerprint density at radius 2 is 1.83 bits per heavy atom. The number of methoxy groups -OCH3 is 2. The van der Waals surface area contributed by atoms with Gasteiger partial charge in [-0.15, -0.1) is 0 Å². The van der Waals surface area contributed by atoms with Crippen molar-refractivity contribution in [1.82, 2.24) is 14.6 Å². The highest BCUT2D eigenvalue weighted by Crippen LogP contribution is 2.58. The third-order valence-corrected chi connectivity index (χ3v) is 14.6. The molecule has 3 heterocycles. The smallest absolute Gasteiger partial charge is 0.307 e. The van der Waals surface area contributed by atoms with E-state index in [-0.39, 0.29) is 61.8 Å². The maximum Gasteiger partial charge on any atom is 0.307 e. The molecular weight excluding hydrogens is 779 g/mol. The van der Waals surface area contributed by atoms with Crippen molar-refractivity contribution in [3.8, 4) is 17.4 Å². The number of carbonyl (C=O) groups excluding carboxylic acids is 4. The highest BCUT2D eigenvalue weighted by molar-refractivity contribution is 7.91. The lowest BCUT2D eigenvalue weighted by Gasteiger charge is -2.33. The minimum Gasteiger partial charge on any atom is -0.497 e. The average molecular weight is 840 g/mol. The fraction of sp³-hybridized carbons (Fsp3) is 0.659. The van der Waals surface area contributed by atoms with Gasteiger partial charge in [0.05, 0.1) is 55.0 Å². The van der Waals surface area contributed by atoms with E-state index in [0.717, 1.165) is 6.42 Å². The van der Waals surface area contributed by atoms with Gasteiger partial charge in [-0.25, -0.2) is 13.4 Å². The number of nitrogens with one attached hydrogen (secondary N) is 1. The number of carbonyl (C=O) groups is 4. The summed E-state index contributed by atoms with van der Waals surface area (Å²) >= 11 is 0. The Morgan fingerprint density at radius 1 is 1.08 bits per heavy atom. The van der Waals surface area contributed by atoms with Gasteiger partial charge in [0.2, 0.25) is 27.7 Å². The van der Waals surface area contributed by atoms with Gasteiger partial charge in [-0.3, -0.25) is 23.9 Å². The molecule has 324 valence electrons. The fourth-order valence-electron chi connectivity index (χ4n) is 8.67. The number of rotatable bonds is 12. The summed E-state index contributed by atoms with van der Waals surface area (Å²) in [6.07, 6.45) is 7.58. The van der Waals surface area contributed by atoms with Crippen LogP contribution in [-0.4, -0.2) is 98.3 Å². The molecule has 1 N–H and O–H groups in total. The number of allylic oxidation sites excluding steroid dienone is 2. The third-order valence-electron chi connectivity index (χ3n) is 12.4. The van der Waals surface area contributed by atoms with Crippen LogP contribution in [0.2, 0.25) is 0 Å². The Morgan fingerprint density at radius 3 is 2.49 bits per heavy atom. The quantitative estimate of drug-likeness (QED) is 0.197. The second-order valence-electron chi connectivity index (χ2n) is 18.2. The maximum absolute atomic E-state index is 15.1. The van der Waals surface area contributed by atoms with Crippen molar-refractivity contribution in [2.24, 2.45) is 29.1 Å². The number of aromatic nitrogens is 1. The molecule has 1 saturated heterocycles. The first-order chi connectivity index (χ1) is 27.8. The SMILES string of the molecule is CCOc1cnc(O[C@@H]2C[C@H]3C(=O)C[C@]4(C(=O)NS(=O)(=O)C5(C)CC5)C[C@H]4/C=C\CC[C@@H](C)C[C@@H](COC)[C@H](CC(=O)OC(C)(C)C)C(=O)N3C2)c2ccc(OC)cc12. The minimum atomic E-state index is -3.98. The minimum absolute atomic E-state index is 0.00286. The predicted molar refractivity (Wildman–Crippen MR) is 220 cm³/mol. The van der Waals surface area contributed by atoms with Crippen molar-refractivity contribution in [2.45, 2.75) is 122 Å². The molecule has 0 unspecified atom stereocenters. The van der Waals surface area contributed by atoms with Gasteiger partial charge in [0, 0.05) is 37.3 Å². The molecule has 0 spiro atoms. The number of sulfonamides is 1. The summed E-state index contributed by atoms with van der Waals surface area (Å²) in [6, 6.07) is 4.38. The van der Waals surface area contributed by atoms with Crippen LogP contribution in [0.15, 0.2) is 36.5 Å². The highest BCUT2D eigenvalue weighted by atomic mass is 32.2. The van der Waals surface area contributed by atoms with Gasteiger partial charge in [-0.05, 0) is 109 Å². The number of amides is 2. The lowest BCUT2D eigenvalue weighted by molar-refractivity contribution is -0.160. The lowest BCUT2D eigenvalue weighted by atomic mass is 9.81. The number of esters is 1. The van der Waals surface area contributed by atoms with E-state index in [4.69, 9.17) is 23.7 Å². The van der Waals surface area contributed by atoms with Gasteiger partial charge in [-0.1, -0.05) is 19.1 Å². The number of nitrogens with zero attached hydrogens (tertiary/aromatic N) is 2. The van der Waals surface area contributed by atoms with Crippen molar-refractivity contribution in [2.75, 3.05) is 34.0 Å². The van der Waals surface area contributed by atoms with Crippen LogP contribution in [0.25, 0.3) is 10.8 Å². The van der Waals surface area contributed by atoms with Crippen LogP contribution >= 0.6 is 0 Å². The fourth-order valence-corrected chi connectivity index (χ4v) is 10.0. The van der Waals surface area contributed by atoms with E-state index in [1.807, 2.05) is 31.2 Å². The van der Waals surface area contributed by atoms with Crippen LogP contribution in [0, 0.1) is 29.1 Å². The summed E-state index contributed by atoms with van der Waals surface area (Å²) in [4.78, 5) is 63.7. The second-order valence-corrected chi connectivity index (χ2v) is 20.4. The Labute approximate surface area is 348 Å². The van der Waals surface area contributed by atoms with E-state index in [9.17, 15) is 22.8 Å². The van der Waals surface area contributed by atoms with E-state index in [2.05, 4.69) is 16.6 Å². The molecule has 14 nitrogen and oxygen atoms in total. The molecule has 3 fully saturated rings. The largest absolute Gasteiger partial charge is 0.497 e. The molecule has 59 heavy (non-hydrogen) atoms. The molecule has 2 amide bonds. The van der Waals surface area contributed by atoms with Gasteiger partial charge >= 0.3 is 5.97 Å². The topological polar surface area (TPSA) is 177 Å². The third kappa shape index (κ3) is 9.88. The zero-order valence-corrected chi connectivity index (χ0v) is 36.5. The van der Waals surface area contributed by atoms with Gasteiger partial charge < -0.3 is 28.6 Å². The van der Waals surface area contributed by atoms with Gasteiger partial charge in [0.15, 0.2) is 5.78 Å². The number of ketones is 1. The van der Waals surface area contributed by atoms with Gasteiger partial charge in [0.1, 0.15) is 23.2 Å². The van der Waals surface area contributed by atoms with E-state index < -0.39 is 61.6 Å². The lowest BCUT2D eigenvalue weighted by Crippen LogP contribution is -2.48. The molecule has 2 saturated carbocycles. The van der Waals surface area contributed by atoms with Crippen LogP contribution in [0.3, 0.4) is 0 Å². The van der Waals surface area contributed by atoms with Crippen molar-refractivity contribution < 1.29 is 51.3 Å². The summed E-state index contributed by atoms with van der Waals surface area (Å²) in [5.41, 5.74) is -2.09. The Hall–Kier alpha value is -4.24. The first-order valence-electron chi connectivity index (χ1n) is 20.9. The summed E-state index contributed by atoms with van der Waals surface area (Å²) in [6.45, 7) is 11.5. The Bertz CT molecular complexity index is 2060. The van der Waals surface area contributed by atoms with Crippen LogP contribution < -0.4 is 18.9 Å². The van der Waals surface area contributed by atoms with E-state index in [1.165, 1.54) is 4.90 Å². The zero-order valence-electron chi connectivity index (χ0n) is 35.7. The highest BCUT2D eigenvalue weighted by Gasteiger charge is 2.63. The van der Waals surface area contributed by atoms with Crippen molar-refractivity contribution >= 4 is 44.4 Å². The van der Waals surface area contributed by atoms with E-state index >= 15 is 4.79 Å². The average Bonchev–Trinajstić information content (AvgIpc) is 4.05. The number of Topliss-reactive ketones (excluding diaryl/α,β-unsaturated/α-hetero) is 1. The molecule has 0 radical (unpaired) electrons. The van der Waals surface area contributed by atoms with Gasteiger partial charge in [0.25, 0.3) is 0 Å². The van der Waals surface area contributed by atoms with Crippen LogP contribution in [0.1, 0.15) is 99.3 Å². The van der Waals surface area contributed by atoms with Crippen LogP contribution in [0.5, 0.6) is 17.4 Å². The molecule has 1 aromatic heterocycles. The summed E-state index contributed by atoms with van der Waals surface area (Å²) < 4.78 is 57.3. The van der Waals surface area contributed by atoms with E-state index in [0.29, 0.717) is 61.0 Å². The first kappa shape index (κ1) is 44.3. The van der Waals surface area contributed by atoms with Gasteiger partial charge in [-0.2, -0.15) is 0 Å². The molecule has 2 aliphatic heterocycles. The number of pyridine rings is 1. The second kappa shape index (κ2) is 17.4. The zero-order chi connectivity index (χ0) is 42.9. The molecule has 4 aliphatic rings. The van der Waals surface area contributed by atoms with Crippen molar-refractivity contribution in [3.63, 3.8) is 0 Å². The standard InChI is InChI=1S/C44H61N3O11S/c1-9-56-37-24-45-39(32-15-14-30(55-8)19-34(32)37)57-31-20-35-36(48)23-44(41(51)46-59(52,53)43(6)16-17-43)22-29(44)13-11-10-12-27(2)18-28(26-54-7)33(40(50)47(35)25-31)21-38(49)58-42(3,4)5/h11,13-15,19,24,27-29,31,33,35H,9-10,12,16-18,20-23,25-26H2,1-8H3,(H,46,51)/b13-11-/t27-,28+,29-,31-,33+,35+,44-/m1/s1. The molecular formula is C44H61N3O11S. The van der Waals surface area contributed by atoms with Crippen molar-refractivity contribution in [1.29, 1.82) is 0 Å². The molecule has 2 aliphatic carbocycles. The summed E-state index contributed by atoms with van der Waals surface area (Å²) in [5, 5.41) is 1.35. The molecule has 7 atom stereocenters. The molecule has 2 aromatic rings. The molecule has 0 bridgehead atoms. The van der Waals surface area contributed by atoms with Crippen LogP contribution in [-0.2, 0) is 38.7 Å². The molecule has 1 aromatic carbocycles. The Balaban J connectivity index is 1.39. The first-order valence-corrected chi connectivity index (χ1v) is 22.4. The molecule has 15 heteroatoms. The predicted octanol–water partition coefficient (Wildman–Crippen LogP) is 5.94. The molecule has 6 rings (SSSR count). The summed E-state index contributed by atoms with van der Waals surface area (Å²) in [7, 11) is -0.844. The normalized spacial score (nSPS) is 29.0. The summed E-state index contributed by atoms with van der Waals surface area (Å²) in [5.74, 6) is -2.12. The van der Waals surface area contributed by atoms with Crippen molar-refractivity contribution in [3.05, 3.63) is 36.5 Å². The van der Waals surface area contributed by atoms with Crippen LogP contribution in [0.4, 0.5) is 0 Å². The number of hydrogen-bond donors (Lipinski definition) is 1. The number of hydrogen-bond acceptors (Lipinski definition) is 12. The monoisotopic (exact) mass is 839 g/mol. The number of benzene rings is 1. The Kier molecular flexibility index (Phi) is 13.1. The van der Waals surface area contributed by atoms with E-state index in [1.54, 1.807) is 54.2 Å². The number of ether oxygens (including phenoxy) is 5. The maximum atomic E-state index is 15.1.